The summed E-state index contributed by atoms with van der Waals surface area (Å²) in [5, 5.41) is 0. The van der Waals surface area contributed by atoms with E-state index >= 15 is 0 Å². The number of nitrogens with zero attached hydrogens (tertiary/aromatic N) is 1. The Morgan fingerprint density at radius 2 is 2.22 bits per heavy atom. The highest BCUT2D eigenvalue weighted by atomic mass is 35.5. The smallest absolute Gasteiger partial charge is 0.223 e. The molecule has 18 heavy (non-hydrogen) atoms. The van der Waals surface area contributed by atoms with Crippen molar-refractivity contribution in [2.24, 2.45) is 0 Å². The maximum Gasteiger partial charge on any atom is 0.223 e. The predicted molar refractivity (Wildman–Crippen MR) is 74.8 cm³/mol. The van der Waals surface area contributed by atoms with Gasteiger partial charge in [-0.3, -0.25) is 4.79 Å². The van der Waals surface area contributed by atoms with Crippen LogP contribution in [0.1, 0.15) is 42.9 Å². The number of amides is 1. The minimum absolute atomic E-state index is 0.251. The van der Waals surface area contributed by atoms with E-state index in [9.17, 15) is 4.79 Å². The summed E-state index contributed by atoms with van der Waals surface area (Å²) in [6, 6.07) is 8.65. The number of carbonyl (C=O) groups is 1. The van der Waals surface area contributed by atoms with E-state index in [0.29, 0.717) is 12.3 Å². The zero-order valence-electron chi connectivity index (χ0n) is 10.9. The minimum Gasteiger partial charge on any atom is -0.336 e. The van der Waals surface area contributed by atoms with Gasteiger partial charge in [0.15, 0.2) is 0 Å². The van der Waals surface area contributed by atoms with Crippen LogP contribution >= 0.6 is 11.6 Å². The van der Waals surface area contributed by atoms with E-state index in [0.717, 1.165) is 25.8 Å². The van der Waals surface area contributed by atoms with Crippen molar-refractivity contribution in [2.45, 2.75) is 38.6 Å². The largest absolute Gasteiger partial charge is 0.336 e. The highest BCUT2D eigenvalue weighted by molar-refractivity contribution is 6.17. The van der Waals surface area contributed by atoms with Gasteiger partial charge in [0.25, 0.3) is 0 Å². The highest BCUT2D eigenvalue weighted by Crippen LogP contribution is 2.34. The Morgan fingerprint density at radius 1 is 1.44 bits per heavy atom. The maximum absolute atomic E-state index is 12.2. The third-order valence-corrected chi connectivity index (χ3v) is 3.91. The minimum atomic E-state index is 0.251. The molecule has 1 amide bonds. The third kappa shape index (κ3) is 2.86. The molecule has 1 heterocycles. The fraction of sp³-hybridized carbons (Fsp3) is 0.533. The lowest BCUT2D eigenvalue weighted by Crippen LogP contribution is -2.30. The van der Waals surface area contributed by atoms with Crippen molar-refractivity contribution in [2.75, 3.05) is 12.4 Å². The van der Waals surface area contributed by atoms with Crippen LogP contribution in [0.4, 0.5) is 0 Å². The number of likely N-dealkylation sites (tertiary alicyclic amines) is 1. The van der Waals surface area contributed by atoms with Gasteiger partial charge in [-0.05, 0) is 37.3 Å². The molecule has 1 saturated heterocycles. The Bertz CT molecular complexity index is 419. The topological polar surface area (TPSA) is 20.3 Å². The first-order chi connectivity index (χ1) is 8.74. The Hall–Kier alpha value is -1.02. The number of aryl methyl sites for hydroxylation is 1. The van der Waals surface area contributed by atoms with E-state index in [2.05, 4.69) is 25.1 Å². The number of halogens is 1. The molecule has 1 fully saturated rings. The lowest BCUT2D eigenvalue weighted by molar-refractivity contribution is -0.132. The van der Waals surface area contributed by atoms with E-state index in [1.54, 1.807) is 0 Å². The highest BCUT2D eigenvalue weighted by Gasteiger charge is 2.29. The van der Waals surface area contributed by atoms with Crippen LogP contribution in [0, 0.1) is 6.92 Å². The summed E-state index contributed by atoms with van der Waals surface area (Å²) in [4.78, 5) is 14.2. The molecule has 98 valence electrons. The van der Waals surface area contributed by atoms with Crippen LogP contribution in [0.3, 0.4) is 0 Å². The molecule has 2 nitrogen and oxygen atoms in total. The summed E-state index contributed by atoms with van der Waals surface area (Å²) in [6.07, 6.45) is 3.53. The average Bonchev–Trinajstić information content (AvgIpc) is 2.85. The molecule has 1 atom stereocenters. The molecule has 1 unspecified atom stereocenters. The first-order valence-corrected chi connectivity index (χ1v) is 7.18. The van der Waals surface area contributed by atoms with Crippen LogP contribution in [-0.2, 0) is 4.79 Å². The second kappa shape index (κ2) is 6.24. The fourth-order valence-corrected chi connectivity index (χ4v) is 2.84. The molecular weight excluding hydrogens is 246 g/mol. The van der Waals surface area contributed by atoms with Gasteiger partial charge in [-0.15, -0.1) is 11.6 Å². The number of alkyl halides is 1. The third-order valence-electron chi connectivity index (χ3n) is 3.64. The molecule has 0 aromatic heterocycles. The van der Waals surface area contributed by atoms with Crippen molar-refractivity contribution in [1.82, 2.24) is 4.90 Å². The predicted octanol–water partition coefficient (Wildman–Crippen LogP) is 3.68. The number of carbonyl (C=O) groups excluding carboxylic acids is 1. The molecule has 2 rings (SSSR count). The Kier molecular flexibility index (Phi) is 4.65. The summed E-state index contributed by atoms with van der Waals surface area (Å²) in [6.45, 7) is 3.01. The van der Waals surface area contributed by atoms with Gasteiger partial charge < -0.3 is 4.90 Å². The summed E-state index contributed by atoms with van der Waals surface area (Å²) >= 11 is 5.66. The number of rotatable bonds is 4. The molecular formula is C15H20ClNO. The number of hydrogen-bond donors (Lipinski definition) is 0. The second-order valence-electron chi connectivity index (χ2n) is 4.89. The van der Waals surface area contributed by atoms with E-state index < -0.39 is 0 Å². The quantitative estimate of drug-likeness (QED) is 0.761. The van der Waals surface area contributed by atoms with Crippen molar-refractivity contribution >= 4 is 17.5 Å². The van der Waals surface area contributed by atoms with Crippen LogP contribution in [0.2, 0.25) is 0 Å². The normalized spacial score (nSPS) is 19.2. The van der Waals surface area contributed by atoms with Gasteiger partial charge in [0, 0.05) is 18.8 Å². The van der Waals surface area contributed by atoms with Crippen molar-refractivity contribution in [1.29, 1.82) is 0 Å². The van der Waals surface area contributed by atoms with Gasteiger partial charge in [-0.25, -0.2) is 0 Å². The molecule has 0 N–H and O–H groups in total. The maximum atomic E-state index is 12.2. The molecule has 1 aliphatic heterocycles. The van der Waals surface area contributed by atoms with Gasteiger partial charge in [-0.1, -0.05) is 24.3 Å². The standard InChI is InChI=1S/C15H20ClNO/c1-12-6-2-3-7-13(12)14-8-5-11-17(14)15(18)9-4-10-16/h2-3,6-7,14H,4-5,8-11H2,1H3. The van der Waals surface area contributed by atoms with Crippen molar-refractivity contribution in [3.63, 3.8) is 0 Å². The van der Waals surface area contributed by atoms with Crippen LogP contribution in [0.25, 0.3) is 0 Å². The molecule has 1 aromatic rings. The Balaban J connectivity index is 2.12. The van der Waals surface area contributed by atoms with Gasteiger partial charge in [0.2, 0.25) is 5.91 Å². The number of benzene rings is 1. The van der Waals surface area contributed by atoms with Crippen molar-refractivity contribution in [3.05, 3.63) is 35.4 Å². The molecule has 0 spiro atoms. The van der Waals surface area contributed by atoms with Crippen molar-refractivity contribution in [3.8, 4) is 0 Å². The zero-order chi connectivity index (χ0) is 13.0. The zero-order valence-corrected chi connectivity index (χ0v) is 11.6. The Labute approximate surface area is 114 Å². The van der Waals surface area contributed by atoms with Gasteiger partial charge in [0.1, 0.15) is 0 Å². The SMILES string of the molecule is Cc1ccccc1C1CCCN1C(=O)CCCCl. The van der Waals surface area contributed by atoms with Gasteiger partial charge in [0.05, 0.1) is 6.04 Å². The fourth-order valence-electron chi connectivity index (χ4n) is 2.71. The second-order valence-corrected chi connectivity index (χ2v) is 5.27. The van der Waals surface area contributed by atoms with E-state index in [-0.39, 0.29) is 11.9 Å². The summed E-state index contributed by atoms with van der Waals surface area (Å²) in [5.41, 5.74) is 2.58. The van der Waals surface area contributed by atoms with Crippen LogP contribution in [0.15, 0.2) is 24.3 Å². The molecule has 1 aliphatic rings. The number of hydrogen-bond acceptors (Lipinski definition) is 1. The summed E-state index contributed by atoms with van der Waals surface area (Å²) < 4.78 is 0. The molecule has 0 radical (unpaired) electrons. The van der Waals surface area contributed by atoms with Crippen LogP contribution in [-0.4, -0.2) is 23.2 Å². The molecule has 0 bridgehead atoms. The summed E-state index contributed by atoms with van der Waals surface area (Å²) in [5.74, 6) is 0.815. The van der Waals surface area contributed by atoms with Crippen LogP contribution in [0.5, 0.6) is 0 Å². The van der Waals surface area contributed by atoms with Gasteiger partial charge in [-0.2, -0.15) is 0 Å². The first-order valence-electron chi connectivity index (χ1n) is 6.65. The van der Waals surface area contributed by atoms with E-state index in [1.807, 2.05) is 11.0 Å². The van der Waals surface area contributed by atoms with Crippen molar-refractivity contribution < 1.29 is 4.79 Å². The molecule has 0 saturated carbocycles. The van der Waals surface area contributed by atoms with Gasteiger partial charge >= 0.3 is 0 Å². The van der Waals surface area contributed by atoms with Crippen LogP contribution < -0.4 is 0 Å². The molecule has 0 aliphatic carbocycles. The van der Waals surface area contributed by atoms with E-state index in [4.69, 9.17) is 11.6 Å². The lowest BCUT2D eigenvalue weighted by atomic mass is 9.99. The Morgan fingerprint density at radius 3 is 2.94 bits per heavy atom. The molecule has 3 heteroatoms. The first kappa shape index (κ1) is 13.4. The summed E-state index contributed by atoms with van der Waals surface area (Å²) in [7, 11) is 0. The molecule has 1 aromatic carbocycles. The monoisotopic (exact) mass is 265 g/mol. The van der Waals surface area contributed by atoms with E-state index in [1.165, 1.54) is 11.1 Å². The lowest BCUT2D eigenvalue weighted by Gasteiger charge is -2.26. The average molecular weight is 266 g/mol.